The molecule has 0 bridgehead atoms. The first-order chi connectivity index (χ1) is 10.6. The van der Waals surface area contributed by atoms with Crippen molar-refractivity contribution < 1.29 is 8.42 Å². The first-order valence-electron chi connectivity index (χ1n) is 6.98. The van der Waals surface area contributed by atoms with E-state index in [4.69, 9.17) is 0 Å². The number of rotatable bonds is 3. The van der Waals surface area contributed by atoms with Gasteiger partial charge in [0, 0.05) is 23.0 Å². The van der Waals surface area contributed by atoms with Crippen LogP contribution in [0.5, 0.6) is 0 Å². The minimum atomic E-state index is -3.43. The van der Waals surface area contributed by atoms with E-state index in [1.54, 1.807) is 23.0 Å². The van der Waals surface area contributed by atoms with Gasteiger partial charge in [-0.15, -0.1) is 0 Å². The maximum atomic E-state index is 12.3. The molecule has 0 saturated carbocycles. The van der Waals surface area contributed by atoms with Gasteiger partial charge in [-0.25, -0.2) is 18.1 Å². The van der Waals surface area contributed by atoms with Crippen LogP contribution in [-0.4, -0.2) is 29.6 Å². The van der Waals surface area contributed by atoms with Crippen LogP contribution in [0.3, 0.4) is 0 Å². The summed E-state index contributed by atoms with van der Waals surface area (Å²) < 4.78 is 27.4. The predicted octanol–water partition coefficient (Wildman–Crippen LogP) is 1.86. The third-order valence-corrected chi connectivity index (χ3v) is 6.37. The first-order valence-corrected chi connectivity index (χ1v) is 9.40. The maximum Gasteiger partial charge on any atom is 0.241 e. The molecule has 0 aliphatic heterocycles. The average molecular weight is 334 g/mol. The number of hydrogen-bond donors (Lipinski definition) is 2. The molecule has 114 valence electrons. The Morgan fingerprint density at radius 2 is 2.27 bits per heavy atom. The van der Waals surface area contributed by atoms with Crippen molar-refractivity contribution >= 4 is 32.4 Å². The zero-order valence-electron chi connectivity index (χ0n) is 11.6. The Labute approximate surface area is 131 Å². The van der Waals surface area contributed by atoms with Gasteiger partial charge in [-0.05, 0) is 41.8 Å². The minimum absolute atomic E-state index is 0.0939. The summed E-state index contributed by atoms with van der Waals surface area (Å²) >= 11 is 1.38. The number of aryl methyl sites for hydroxylation is 1. The van der Waals surface area contributed by atoms with Crippen LogP contribution in [0.25, 0.3) is 11.0 Å². The van der Waals surface area contributed by atoms with Crippen LogP contribution in [0, 0.1) is 0 Å². The summed E-state index contributed by atoms with van der Waals surface area (Å²) in [6.07, 6.45) is 5.87. The number of aromatic nitrogens is 3. The van der Waals surface area contributed by atoms with E-state index in [9.17, 15) is 8.42 Å². The lowest BCUT2D eigenvalue weighted by molar-refractivity contribution is 0.508. The number of nitrogens with zero attached hydrogens (tertiary/aromatic N) is 2. The molecule has 3 aromatic heterocycles. The van der Waals surface area contributed by atoms with Gasteiger partial charge >= 0.3 is 0 Å². The second-order valence-electron chi connectivity index (χ2n) is 5.41. The van der Waals surface area contributed by atoms with Gasteiger partial charge < -0.3 is 0 Å². The monoisotopic (exact) mass is 334 g/mol. The molecule has 0 aromatic carbocycles. The number of pyridine rings is 1. The molecular weight excluding hydrogens is 320 g/mol. The van der Waals surface area contributed by atoms with Crippen LogP contribution in [0.2, 0.25) is 0 Å². The quantitative estimate of drug-likeness (QED) is 0.765. The Balaban J connectivity index is 1.60. The highest BCUT2D eigenvalue weighted by atomic mass is 32.2. The lowest BCUT2D eigenvalue weighted by Gasteiger charge is -2.25. The van der Waals surface area contributed by atoms with Gasteiger partial charge in [-0.1, -0.05) is 0 Å². The van der Waals surface area contributed by atoms with E-state index in [0.29, 0.717) is 11.3 Å². The summed E-state index contributed by atoms with van der Waals surface area (Å²) in [7, 11) is -3.43. The summed E-state index contributed by atoms with van der Waals surface area (Å²) in [6, 6.07) is 1.53. The number of H-pyrrole nitrogens is 1. The third-order valence-electron chi connectivity index (χ3n) is 4.02. The molecule has 3 aromatic rings. The van der Waals surface area contributed by atoms with Crippen LogP contribution in [-0.2, 0) is 22.9 Å². The van der Waals surface area contributed by atoms with Crippen molar-refractivity contribution in [2.75, 3.05) is 0 Å². The first kappa shape index (κ1) is 13.9. The van der Waals surface area contributed by atoms with Crippen LogP contribution in [0.15, 0.2) is 34.1 Å². The molecule has 0 spiro atoms. The zero-order valence-corrected chi connectivity index (χ0v) is 13.2. The van der Waals surface area contributed by atoms with Crippen molar-refractivity contribution in [3.8, 4) is 0 Å². The molecule has 0 radical (unpaired) electrons. The van der Waals surface area contributed by atoms with Crippen molar-refractivity contribution in [2.45, 2.75) is 30.2 Å². The van der Waals surface area contributed by atoms with Crippen LogP contribution >= 0.6 is 11.3 Å². The SMILES string of the molecule is O=S(=O)(NC1CCc2c(cnc3[nH]ncc23)C1)c1ccsc1. The van der Waals surface area contributed by atoms with E-state index in [2.05, 4.69) is 19.9 Å². The molecule has 0 amide bonds. The summed E-state index contributed by atoms with van der Waals surface area (Å²) in [6.45, 7) is 0. The molecular formula is C14H14N4O2S2. The van der Waals surface area contributed by atoms with Gasteiger partial charge in [-0.2, -0.15) is 16.4 Å². The topological polar surface area (TPSA) is 87.7 Å². The van der Waals surface area contributed by atoms with E-state index in [0.717, 1.165) is 29.4 Å². The summed E-state index contributed by atoms with van der Waals surface area (Å²) in [5.74, 6) is 0. The number of aromatic amines is 1. The van der Waals surface area contributed by atoms with Crippen molar-refractivity contribution in [3.63, 3.8) is 0 Å². The van der Waals surface area contributed by atoms with E-state index in [-0.39, 0.29) is 6.04 Å². The zero-order chi connectivity index (χ0) is 15.2. The Morgan fingerprint density at radius 3 is 3.09 bits per heavy atom. The average Bonchev–Trinajstić information content (AvgIpc) is 3.18. The molecule has 3 heterocycles. The molecule has 2 N–H and O–H groups in total. The smallest absolute Gasteiger partial charge is 0.241 e. The molecule has 8 heteroatoms. The molecule has 1 unspecified atom stereocenters. The minimum Gasteiger partial charge on any atom is -0.261 e. The van der Waals surface area contributed by atoms with E-state index in [1.165, 1.54) is 16.9 Å². The predicted molar refractivity (Wildman–Crippen MR) is 84.3 cm³/mol. The Hall–Kier alpha value is -1.77. The number of fused-ring (bicyclic) bond motifs is 3. The fraction of sp³-hybridized carbons (Fsp3) is 0.286. The maximum absolute atomic E-state index is 12.3. The molecule has 22 heavy (non-hydrogen) atoms. The van der Waals surface area contributed by atoms with Gasteiger partial charge in [0.15, 0.2) is 5.65 Å². The number of sulfonamides is 1. The van der Waals surface area contributed by atoms with Gasteiger partial charge in [-0.3, -0.25) is 5.10 Å². The van der Waals surface area contributed by atoms with Crippen molar-refractivity contribution in [1.29, 1.82) is 0 Å². The molecule has 1 atom stereocenters. The highest BCUT2D eigenvalue weighted by Crippen LogP contribution is 2.27. The molecule has 1 aliphatic rings. The third kappa shape index (κ3) is 2.33. The van der Waals surface area contributed by atoms with Crippen molar-refractivity contribution in [2.24, 2.45) is 0 Å². The molecule has 0 fully saturated rings. The van der Waals surface area contributed by atoms with Crippen molar-refractivity contribution in [3.05, 3.63) is 40.3 Å². The summed E-state index contributed by atoms with van der Waals surface area (Å²) in [4.78, 5) is 4.68. The summed E-state index contributed by atoms with van der Waals surface area (Å²) in [5.41, 5.74) is 3.11. The standard InChI is InChI=1S/C14H14N4O2S2/c19-22(20,11-3-4-21-8-11)18-10-1-2-12-9(5-10)6-15-14-13(12)7-16-17-14/h3-4,6-8,10,18H,1-2,5H2,(H,15,16,17). The van der Waals surface area contributed by atoms with Gasteiger partial charge in [0.2, 0.25) is 10.0 Å². The van der Waals surface area contributed by atoms with E-state index in [1.807, 2.05) is 6.20 Å². The fourth-order valence-electron chi connectivity index (χ4n) is 2.94. The highest BCUT2D eigenvalue weighted by molar-refractivity contribution is 7.89. The van der Waals surface area contributed by atoms with Crippen LogP contribution in [0.1, 0.15) is 17.5 Å². The van der Waals surface area contributed by atoms with E-state index >= 15 is 0 Å². The fourth-order valence-corrected chi connectivity index (χ4v) is 5.24. The molecule has 4 rings (SSSR count). The van der Waals surface area contributed by atoms with Gasteiger partial charge in [0.1, 0.15) is 0 Å². The lowest BCUT2D eigenvalue weighted by atomic mass is 9.88. The molecule has 0 saturated heterocycles. The second-order valence-corrected chi connectivity index (χ2v) is 7.91. The Morgan fingerprint density at radius 1 is 1.36 bits per heavy atom. The largest absolute Gasteiger partial charge is 0.261 e. The molecule has 1 aliphatic carbocycles. The van der Waals surface area contributed by atoms with Gasteiger partial charge in [0.25, 0.3) is 0 Å². The second kappa shape index (κ2) is 5.15. The van der Waals surface area contributed by atoms with Crippen LogP contribution < -0.4 is 4.72 Å². The van der Waals surface area contributed by atoms with E-state index < -0.39 is 10.0 Å². The number of nitrogens with one attached hydrogen (secondary N) is 2. The highest BCUT2D eigenvalue weighted by Gasteiger charge is 2.26. The Kier molecular flexibility index (Phi) is 3.24. The number of hydrogen-bond acceptors (Lipinski definition) is 5. The van der Waals surface area contributed by atoms with Crippen LogP contribution in [0.4, 0.5) is 0 Å². The van der Waals surface area contributed by atoms with Gasteiger partial charge in [0.05, 0.1) is 11.1 Å². The normalized spacial score (nSPS) is 18.5. The Bertz CT molecular complexity index is 916. The molecule has 6 nitrogen and oxygen atoms in total. The van der Waals surface area contributed by atoms with Crippen molar-refractivity contribution in [1.82, 2.24) is 19.9 Å². The number of thiophene rings is 1. The summed E-state index contributed by atoms with van der Waals surface area (Å²) in [5, 5.41) is 11.3. The lowest BCUT2D eigenvalue weighted by Crippen LogP contribution is -2.38.